The number of alkyl halides is 2. The van der Waals surface area contributed by atoms with E-state index in [0.29, 0.717) is 5.69 Å². The first-order chi connectivity index (χ1) is 15.5. The van der Waals surface area contributed by atoms with Gasteiger partial charge in [0, 0.05) is 17.8 Å². The number of aromatic nitrogens is 1. The normalized spacial score (nSPS) is 12.3. The summed E-state index contributed by atoms with van der Waals surface area (Å²) in [6.45, 7) is 3.31. The maximum Gasteiger partial charge on any atom is 0.387 e. The average molecular weight is 473 g/mol. The summed E-state index contributed by atoms with van der Waals surface area (Å²) >= 11 is 5.54. The number of ether oxygens (including phenoxy) is 1. The highest BCUT2D eigenvalue weighted by molar-refractivity contribution is 7.81. The number of thiocarbonyl (C=S) groups is 1. The van der Waals surface area contributed by atoms with Crippen LogP contribution in [-0.4, -0.2) is 11.6 Å². The Morgan fingerprint density at radius 3 is 2.06 bits per heavy atom. The van der Waals surface area contributed by atoms with Crippen LogP contribution in [-0.2, 0) is 5.41 Å². The maximum atomic E-state index is 13.4. The predicted octanol–water partition coefficient (Wildman–Crippen LogP) is 5.14. The lowest BCUT2D eigenvalue weighted by Gasteiger charge is -2.19. The molecule has 2 aromatic carbocycles. The van der Waals surface area contributed by atoms with Gasteiger partial charge in [0.1, 0.15) is 11.6 Å². The van der Waals surface area contributed by atoms with E-state index < -0.39 is 18.2 Å². The number of nitrogens with one attached hydrogen (secondary N) is 1. The van der Waals surface area contributed by atoms with Crippen LogP contribution in [0.3, 0.4) is 0 Å². The highest BCUT2D eigenvalue weighted by Crippen LogP contribution is 2.23. The van der Waals surface area contributed by atoms with E-state index in [0.717, 1.165) is 5.56 Å². The minimum Gasteiger partial charge on any atom is -0.867 e. The van der Waals surface area contributed by atoms with Crippen LogP contribution < -0.4 is 19.7 Å². The second-order valence-corrected chi connectivity index (χ2v) is 8.69. The van der Waals surface area contributed by atoms with E-state index in [-0.39, 0.29) is 27.4 Å². The molecule has 0 saturated heterocycles. The molecule has 172 valence electrons. The molecule has 1 N–H and O–H groups in total. The molecule has 3 rings (SSSR count). The molecule has 0 amide bonds. The summed E-state index contributed by atoms with van der Waals surface area (Å²) < 4.78 is 44.1. The molecule has 0 atom stereocenters. The summed E-state index contributed by atoms with van der Waals surface area (Å²) in [7, 11) is 0. The van der Waals surface area contributed by atoms with Crippen LogP contribution in [0.5, 0.6) is 5.75 Å². The van der Waals surface area contributed by atoms with Crippen molar-refractivity contribution < 1.29 is 27.6 Å². The number of nitrogens with zero attached hydrogens (tertiary/aromatic N) is 1. The Morgan fingerprint density at radius 1 is 0.970 bits per heavy atom. The van der Waals surface area contributed by atoms with Gasteiger partial charge >= 0.3 is 6.61 Å². The molecule has 0 unspecified atom stereocenters. The van der Waals surface area contributed by atoms with Gasteiger partial charge in [0.2, 0.25) is 5.70 Å². The summed E-state index contributed by atoms with van der Waals surface area (Å²) in [6.07, 6.45) is 3.48. The largest absolute Gasteiger partial charge is 0.867 e. The fourth-order valence-corrected chi connectivity index (χ4v) is 3.38. The molecule has 3 aromatic rings. The molecule has 0 radical (unpaired) electrons. The Hall–Kier alpha value is -3.39. The van der Waals surface area contributed by atoms with Crippen molar-refractivity contribution in [3.63, 3.8) is 0 Å². The first kappa shape index (κ1) is 24.3. The second-order valence-electron chi connectivity index (χ2n) is 8.29. The van der Waals surface area contributed by atoms with Crippen LogP contribution in [0.4, 0.5) is 18.9 Å². The summed E-state index contributed by atoms with van der Waals surface area (Å²) in [5, 5.41) is 16.3. The van der Waals surface area contributed by atoms with E-state index >= 15 is 0 Å². The van der Waals surface area contributed by atoms with Gasteiger partial charge in [-0.15, -0.1) is 0 Å². The van der Waals surface area contributed by atoms with Crippen molar-refractivity contribution in [1.82, 2.24) is 0 Å². The SMILES string of the molecule is CC(C)(C)c1cc[n+](C(C(=S)Nc2ccc(OC(F)F)cc2)=C([O-])c2ccc(F)cc2)cc1. The molecule has 0 aliphatic carbocycles. The number of rotatable bonds is 6. The van der Waals surface area contributed by atoms with Crippen molar-refractivity contribution in [3.8, 4) is 5.75 Å². The van der Waals surface area contributed by atoms with E-state index in [4.69, 9.17) is 12.2 Å². The van der Waals surface area contributed by atoms with Crippen LogP contribution >= 0.6 is 12.2 Å². The lowest BCUT2D eigenvalue weighted by molar-refractivity contribution is -0.577. The minimum atomic E-state index is -2.93. The third-order valence-electron chi connectivity index (χ3n) is 4.83. The number of hydrogen-bond acceptors (Lipinski definition) is 3. The average Bonchev–Trinajstić information content (AvgIpc) is 2.75. The zero-order valence-electron chi connectivity index (χ0n) is 18.3. The second kappa shape index (κ2) is 10.0. The third-order valence-corrected chi connectivity index (χ3v) is 5.12. The molecular weight excluding hydrogens is 449 g/mol. The Morgan fingerprint density at radius 2 is 1.55 bits per heavy atom. The zero-order chi connectivity index (χ0) is 24.2. The Balaban J connectivity index is 1.98. The first-order valence-electron chi connectivity index (χ1n) is 10.1. The van der Waals surface area contributed by atoms with Gasteiger partial charge in [0.05, 0.1) is 0 Å². The van der Waals surface area contributed by atoms with Crippen LogP contribution in [0.1, 0.15) is 31.9 Å². The zero-order valence-corrected chi connectivity index (χ0v) is 19.1. The van der Waals surface area contributed by atoms with E-state index in [1.807, 2.05) is 12.1 Å². The third kappa shape index (κ3) is 6.32. The van der Waals surface area contributed by atoms with E-state index in [1.54, 1.807) is 17.0 Å². The predicted molar refractivity (Wildman–Crippen MR) is 124 cm³/mol. The van der Waals surface area contributed by atoms with Crippen molar-refractivity contribution in [2.45, 2.75) is 32.8 Å². The van der Waals surface area contributed by atoms with Crippen molar-refractivity contribution >= 4 is 34.3 Å². The van der Waals surface area contributed by atoms with E-state index in [9.17, 15) is 18.3 Å². The molecule has 1 heterocycles. The molecule has 0 saturated carbocycles. The molecule has 0 aliphatic rings. The van der Waals surface area contributed by atoms with Gasteiger partial charge < -0.3 is 15.2 Å². The molecular formula is C25H23F3N2O2S. The summed E-state index contributed by atoms with van der Waals surface area (Å²) in [5.74, 6) is -0.860. The monoisotopic (exact) mass is 472 g/mol. The van der Waals surface area contributed by atoms with Crippen LogP contribution in [0.15, 0.2) is 73.1 Å². The number of anilines is 1. The fraction of sp³-hybridized carbons (Fsp3) is 0.200. The smallest absolute Gasteiger partial charge is 0.387 e. The molecule has 33 heavy (non-hydrogen) atoms. The number of halogens is 3. The Kier molecular flexibility index (Phi) is 7.38. The number of benzene rings is 2. The standard InChI is InChI=1S/C25H23F3N2O2S/c1-25(2,3)17-12-14-30(15-13-17)21(22(31)16-4-6-18(26)7-5-16)23(33)29-19-8-10-20(11-9-19)32-24(27)28/h4-15,24H,1-3H3,(H-,29,31,33). The summed E-state index contributed by atoms with van der Waals surface area (Å²) in [6, 6.07) is 14.7. The molecule has 4 nitrogen and oxygen atoms in total. The van der Waals surface area contributed by atoms with E-state index in [2.05, 4.69) is 30.8 Å². The lowest BCUT2D eigenvalue weighted by atomic mass is 9.88. The van der Waals surface area contributed by atoms with Crippen LogP contribution in [0.25, 0.3) is 11.5 Å². The molecule has 1 aromatic heterocycles. The van der Waals surface area contributed by atoms with Gasteiger partial charge in [-0.25, -0.2) is 4.39 Å². The minimum absolute atomic E-state index is 0.000189. The van der Waals surface area contributed by atoms with Gasteiger partial charge in [-0.3, -0.25) is 0 Å². The van der Waals surface area contributed by atoms with Crippen molar-refractivity contribution in [2.75, 3.05) is 5.32 Å². The highest BCUT2D eigenvalue weighted by atomic mass is 32.1. The van der Waals surface area contributed by atoms with Gasteiger partial charge in [-0.1, -0.05) is 45.1 Å². The quantitative estimate of drug-likeness (QED) is 0.234. The number of hydrogen-bond donors (Lipinski definition) is 1. The number of pyridine rings is 1. The van der Waals surface area contributed by atoms with Gasteiger partial charge in [-0.2, -0.15) is 13.3 Å². The van der Waals surface area contributed by atoms with E-state index in [1.165, 1.54) is 48.5 Å². The maximum absolute atomic E-state index is 13.4. The van der Waals surface area contributed by atoms with Crippen molar-refractivity contribution in [2.24, 2.45) is 0 Å². The molecule has 0 bridgehead atoms. The van der Waals surface area contributed by atoms with Crippen molar-refractivity contribution in [1.29, 1.82) is 0 Å². The van der Waals surface area contributed by atoms with Crippen LogP contribution in [0, 0.1) is 5.82 Å². The molecule has 0 fully saturated rings. The first-order valence-corrected chi connectivity index (χ1v) is 10.5. The Labute approximate surface area is 196 Å². The molecule has 0 aliphatic heterocycles. The Bertz CT molecular complexity index is 1140. The molecule has 8 heteroatoms. The molecule has 0 spiro atoms. The van der Waals surface area contributed by atoms with Gasteiger partial charge in [0.25, 0.3) is 0 Å². The van der Waals surface area contributed by atoms with Crippen molar-refractivity contribution in [3.05, 3.63) is 90.0 Å². The topological polar surface area (TPSA) is 48.2 Å². The summed E-state index contributed by atoms with van der Waals surface area (Å²) in [4.78, 5) is 0.111. The lowest BCUT2D eigenvalue weighted by Crippen LogP contribution is -2.40. The fourth-order valence-electron chi connectivity index (χ4n) is 3.06. The van der Waals surface area contributed by atoms with Gasteiger partial charge in [0.15, 0.2) is 17.4 Å². The van der Waals surface area contributed by atoms with Crippen LogP contribution in [0.2, 0.25) is 0 Å². The van der Waals surface area contributed by atoms with Gasteiger partial charge in [-0.05, 0) is 58.7 Å². The highest BCUT2D eigenvalue weighted by Gasteiger charge is 2.21. The summed E-state index contributed by atoms with van der Waals surface area (Å²) in [5.41, 5.74) is 1.90.